The summed E-state index contributed by atoms with van der Waals surface area (Å²) < 4.78 is 14.6. The van der Waals surface area contributed by atoms with E-state index >= 15 is 0 Å². The maximum absolute atomic E-state index is 12.9. The number of nitrogens with two attached hydrogens (primary N) is 1. The average Bonchev–Trinajstić information content (AvgIpc) is 2.60. The number of hydrogen-bond acceptors (Lipinski definition) is 2. The van der Waals surface area contributed by atoms with Gasteiger partial charge in [-0.2, -0.15) is 5.10 Å². The number of aryl methyl sites for hydroxylation is 1. The van der Waals surface area contributed by atoms with Crippen molar-refractivity contribution in [2.24, 2.45) is 0 Å². The predicted molar refractivity (Wildman–Crippen MR) is 62.7 cm³/mol. The van der Waals surface area contributed by atoms with E-state index in [4.69, 9.17) is 17.3 Å². The van der Waals surface area contributed by atoms with Crippen molar-refractivity contribution in [1.82, 2.24) is 9.78 Å². The monoisotopic (exact) mass is 239 g/mol. The predicted octanol–water partition coefficient (Wildman–Crippen LogP) is 2.94. The molecule has 2 N–H and O–H groups in total. The zero-order valence-electron chi connectivity index (χ0n) is 8.74. The number of halogens is 2. The van der Waals surface area contributed by atoms with Crippen LogP contribution in [0.1, 0.15) is 6.92 Å². The molecule has 0 fully saturated rings. The van der Waals surface area contributed by atoms with Crippen LogP contribution in [-0.2, 0) is 6.54 Å². The molecule has 1 heterocycles. The molecule has 16 heavy (non-hydrogen) atoms. The van der Waals surface area contributed by atoms with Crippen LogP contribution in [0.2, 0.25) is 5.02 Å². The van der Waals surface area contributed by atoms with Crippen molar-refractivity contribution < 1.29 is 4.39 Å². The molecule has 0 saturated heterocycles. The lowest BCUT2D eigenvalue weighted by molar-refractivity contribution is 0.628. The van der Waals surface area contributed by atoms with Gasteiger partial charge in [0.15, 0.2) is 0 Å². The number of aromatic nitrogens is 2. The van der Waals surface area contributed by atoms with Crippen molar-refractivity contribution in [2.75, 3.05) is 5.73 Å². The molecule has 5 heteroatoms. The fourth-order valence-electron chi connectivity index (χ4n) is 1.49. The van der Waals surface area contributed by atoms with Gasteiger partial charge in [0.05, 0.1) is 10.7 Å². The smallest absolute Gasteiger partial charge is 0.124 e. The summed E-state index contributed by atoms with van der Waals surface area (Å²) in [6, 6.07) is 4.17. The molecule has 1 aromatic carbocycles. The number of nitrogen functional groups attached to an aromatic ring is 1. The van der Waals surface area contributed by atoms with E-state index in [1.54, 1.807) is 16.9 Å². The largest absolute Gasteiger partial charge is 0.396 e. The van der Waals surface area contributed by atoms with E-state index in [2.05, 4.69) is 5.10 Å². The third-order valence-electron chi connectivity index (χ3n) is 2.30. The topological polar surface area (TPSA) is 43.8 Å². The molecule has 2 aromatic rings. The van der Waals surface area contributed by atoms with E-state index in [9.17, 15) is 4.39 Å². The SMILES string of the molecule is CCn1cc(N)c(-c2ccc(F)cc2Cl)n1. The molecule has 0 aliphatic heterocycles. The molecule has 1 aromatic heterocycles. The highest BCUT2D eigenvalue weighted by molar-refractivity contribution is 6.33. The molecule has 0 aliphatic carbocycles. The van der Waals surface area contributed by atoms with Crippen molar-refractivity contribution >= 4 is 17.3 Å². The van der Waals surface area contributed by atoms with Crippen molar-refractivity contribution in [2.45, 2.75) is 13.5 Å². The lowest BCUT2D eigenvalue weighted by Gasteiger charge is -2.01. The minimum Gasteiger partial charge on any atom is -0.396 e. The first kappa shape index (κ1) is 11.0. The summed E-state index contributed by atoms with van der Waals surface area (Å²) in [4.78, 5) is 0. The molecule has 84 valence electrons. The van der Waals surface area contributed by atoms with Gasteiger partial charge in [-0.3, -0.25) is 4.68 Å². The highest BCUT2D eigenvalue weighted by Crippen LogP contribution is 2.31. The number of benzene rings is 1. The molecule has 2 rings (SSSR count). The van der Waals surface area contributed by atoms with Crippen LogP contribution in [0.4, 0.5) is 10.1 Å². The van der Waals surface area contributed by atoms with Gasteiger partial charge in [-0.1, -0.05) is 11.6 Å². The summed E-state index contributed by atoms with van der Waals surface area (Å²) in [7, 11) is 0. The number of hydrogen-bond donors (Lipinski definition) is 1. The van der Waals surface area contributed by atoms with E-state index in [0.29, 0.717) is 22.0 Å². The van der Waals surface area contributed by atoms with E-state index in [0.717, 1.165) is 6.54 Å². The molecular weight excluding hydrogens is 229 g/mol. The Balaban J connectivity index is 2.53. The Morgan fingerprint density at radius 3 is 2.81 bits per heavy atom. The molecule has 3 nitrogen and oxygen atoms in total. The molecule has 0 bridgehead atoms. The quantitative estimate of drug-likeness (QED) is 0.876. The Hall–Kier alpha value is -1.55. The Kier molecular flexibility index (Phi) is 2.83. The Morgan fingerprint density at radius 2 is 2.25 bits per heavy atom. The van der Waals surface area contributed by atoms with Gasteiger partial charge in [0.25, 0.3) is 0 Å². The van der Waals surface area contributed by atoms with E-state index in [-0.39, 0.29) is 5.82 Å². The number of nitrogens with zero attached hydrogens (tertiary/aromatic N) is 2. The number of anilines is 1. The van der Waals surface area contributed by atoms with Gasteiger partial charge in [0.1, 0.15) is 11.5 Å². The lowest BCUT2D eigenvalue weighted by Crippen LogP contribution is -1.94. The standard InChI is InChI=1S/C11H11ClFN3/c1-2-16-6-10(14)11(15-16)8-4-3-7(13)5-9(8)12/h3-6H,2,14H2,1H3. The van der Waals surface area contributed by atoms with Gasteiger partial charge in [-0.05, 0) is 25.1 Å². The van der Waals surface area contributed by atoms with Crippen LogP contribution >= 0.6 is 11.6 Å². The Morgan fingerprint density at radius 1 is 1.50 bits per heavy atom. The molecule has 0 saturated carbocycles. The van der Waals surface area contributed by atoms with Gasteiger partial charge in [-0.15, -0.1) is 0 Å². The minimum absolute atomic E-state index is 0.313. The fraction of sp³-hybridized carbons (Fsp3) is 0.182. The molecule has 0 unspecified atom stereocenters. The second kappa shape index (κ2) is 4.14. The fourth-order valence-corrected chi connectivity index (χ4v) is 1.75. The first-order chi connectivity index (χ1) is 7.61. The average molecular weight is 240 g/mol. The zero-order chi connectivity index (χ0) is 11.7. The van der Waals surface area contributed by atoms with Crippen LogP contribution in [0.25, 0.3) is 11.3 Å². The first-order valence-corrected chi connectivity index (χ1v) is 5.28. The Labute approximate surface area is 97.6 Å². The molecule has 0 amide bonds. The van der Waals surface area contributed by atoms with Gasteiger partial charge >= 0.3 is 0 Å². The Bertz CT molecular complexity index is 522. The maximum atomic E-state index is 12.9. The first-order valence-electron chi connectivity index (χ1n) is 4.90. The molecule has 0 aliphatic rings. The van der Waals surface area contributed by atoms with Crippen LogP contribution in [0, 0.1) is 5.82 Å². The van der Waals surface area contributed by atoms with Crippen molar-refractivity contribution in [3.63, 3.8) is 0 Å². The normalized spacial score (nSPS) is 10.7. The van der Waals surface area contributed by atoms with E-state index < -0.39 is 0 Å². The van der Waals surface area contributed by atoms with Crippen molar-refractivity contribution in [3.05, 3.63) is 35.2 Å². The third kappa shape index (κ3) is 1.88. The summed E-state index contributed by atoms with van der Waals surface area (Å²) in [5.41, 5.74) is 7.59. The summed E-state index contributed by atoms with van der Waals surface area (Å²) in [6.07, 6.45) is 1.73. The van der Waals surface area contributed by atoms with Gasteiger partial charge in [0, 0.05) is 18.3 Å². The van der Waals surface area contributed by atoms with Crippen LogP contribution in [0.15, 0.2) is 24.4 Å². The summed E-state index contributed by atoms with van der Waals surface area (Å²) >= 11 is 5.94. The molecule has 0 radical (unpaired) electrons. The summed E-state index contributed by atoms with van der Waals surface area (Å²) in [6.45, 7) is 2.69. The lowest BCUT2D eigenvalue weighted by atomic mass is 10.1. The highest BCUT2D eigenvalue weighted by Gasteiger charge is 2.11. The zero-order valence-corrected chi connectivity index (χ0v) is 9.50. The second-order valence-electron chi connectivity index (χ2n) is 3.41. The van der Waals surface area contributed by atoms with Crippen LogP contribution in [0.3, 0.4) is 0 Å². The summed E-state index contributed by atoms with van der Waals surface area (Å²) in [5, 5.41) is 4.59. The van der Waals surface area contributed by atoms with Crippen LogP contribution in [-0.4, -0.2) is 9.78 Å². The minimum atomic E-state index is -0.373. The van der Waals surface area contributed by atoms with Crippen LogP contribution < -0.4 is 5.73 Å². The third-order valence-corrected chi connectivity index (χ3v) is 2.61. The van der Waals surface area contributed by atoms with Crippen molar-refractivity contribution in [1.29, 1.82) is 0 Å². The molecule has 0 spiro atoms. The van der Waals surface area contributed by atoms with Gasteiger partial charge < -0.3 is 5.73 Å². The van der Waals surface area contributed by atoms with Gasteiger partial charge in [0.2, 0.25) is 0 Å². The van der Waals surface area contributed by atoms with Crippen LogP contribution in [0.5, 0.6) is 0 Å². The van der Waals surface area contributed by atoms with E-state index in [1.165, 1.54) is 12.1 Å². The molecular formula is C11H11ClFN3. The van der Waals surface area contributed by atoms with E-state index in [1.807, 2.05) is 6.92 Å². The highest BCUT2D eigenvalue weighted by atomic mass is 35.5. The summed E-state index contributed by atoms with van der Waals surface area (Å²) in [5.74, 6) is -0.373. The maximum Gasteiger partial charge on any atom is 0.124 e. The number of rotatable bonds is 2. The van der Waals surface area contributed by atoms with Gasteiger partial charge in [-0.25, -0.2) is 4.39 Å². The van der Waals surface area contributed by atoms with Crippen molar-refractivity contribution in [3.8, 4) is 11.3 Å². The molecule has 0 atom stereocenters. The second-order valence-corrected chi connectivity index (χ2v) is 3.82.